The second kappa shape index (κ2) is 10.8. The Balaban J connectivity index is 1.09. The van der Waals surface area contributed by atoms with Crippen molar-refractivity contribution in [1.29, 1.82) is 0 Å². The third-order valence-electron chi connectivity index (χ3n) is 10.5. The van der Waals surface area contributed by atoms with Crippen molar-refractivity contribution < 1.29 is 4.42 Å². The molecule has 0 N–H and O–H groups in total. The SMILES string of the molecule is c1ccc(-c2ccc3c4cc(-c5ccc6c(c5)c5ccccc5n6-c5ccc6c(c5)oc5ccccc56)ccc4n(-c4ccccc4)c3c2)cc1. The summed E-state index contributed by atoms with van der Waals surface area (Å²) in [6.45, 7) is 0. The van der Waals surface area contributed by atoms with Crippen LogP contribution in [0.15, 0.2) is 186 Å². The molecule has 0 aliphatic heterocycles. The summed E-state index contributed by atoms with van der Waals surface area (Å²) in [5, 5.41) is 7.23. The minimum Gasteiger partial charge on any atom is -0.456 e. The predicted octanol–water partition coefficient (Wildman–Crippen LogP) is 13.1. The molecule has 3 heterocycles. The lowest BCUT2D eigenvalue weighted by molar-refractivity contribution is 0.668. The van der Waals surface area contributed by atoms with E-state index in [4.69, 9.17) is 4.42 Å². The van der Waals surface area contributed by atoms with E-state index in [-0.39, 0.29) is 0 Å². The number of rotatable bonds is 4. The zero-order chi connectivity index (χ0) is 33.5. The van der Waals surface area contributed by atoms with Gasteiger partial charge in [0.2, 0.25) is 0 Å². The second-order valence-electron chi connectivity index (χ2n) is 13.4. The van der Waals surface area contributed by atoms with Gasteiger partial charge in [0.05, 0.1) is 22.1 Å². The summed E-state index contributed by atoms with van der Waals surface area (Å²) < 4.78 is 11.1. The number of hydrogen-bond donors (Lipinski definition) is 0. The van der Waals surface area contributed by atoms with Gasteiger partial charge >= 0.3 is 0 Å². The average Bonchev–Trinajstić information content (AvgIpc) is 3.85. The lowest BCUT2D eigenvalue weighted by Gasteiger charge is -2.10. The van der Waals surface area contributed by atoms with Crippen LogP contribution in [0.4, 0.5) is 0 Å². The molecule has 3 heteroatoms. The summed E-state index contributed by atoms with van der Waals surface area (Å²) in [5.74, 6) is 0. The van der Waals surface area contributed by atoms with E-state index in [1.54, 1.807) is 0 Å². The molecule has 3 nitrogen and oxygen atoms in total. The zero-order valence-electron chi connectivity index (χ0n) is 27.6. The van der Waals surface area contributed by atoms with Crippen LogP contribution < -0.4 is 0 Å². The number of fused-ring (bicyclic) bond motifs is 9. The quantitative estimate of drug-likeness (QED) is 0.186. The second-order valence-corrected chi connectivity index (χ2v) is 13.4. The van der Waals surface area contributed by atoms with Crippen LogP contribution in [0.5, 0.6) is 0 Å². The summed E-state index contributed by atoms with van der Waals surface area (Å²) in [4.78, 5) is 0. The Kier molecular flexibility index (Phi) is 5.96. The highest BCUT2D eigenvalue weighted by Crippen LogP contribution is 2.40. The van der Waals surface area contributed by atoms with Crippen LogP contribution in [0.2, 0.25) is 0 Å². The first kappa shape index (κ1) is 28.0. The molecule has 0 atom stereocenters. The molecule has 51 heavy (non-hydrogen) atoms. The van der Waals surface area contributed by atoms with Gasteiger partial charge in [-0.3, -0.25) is 0 Å². The van der Waals surface area contributed by atoms with E-state index >= 15 is 0 Å². The standard InChI is InChI=1S/C48H30N2O/c1-3-11-31(12-4-1)34-19-23-38-42-28-33(20-25-44(42)49(46(38)29-34)35-13-5-2-6-14-35)32-21-26-45-41(27-32)37-15-7-9-17-43(37)50(45)36-22-24-40-39-16-8-10-18-47(39)51-48(40)30-36/h1-30H. The van der Waals surface area contributed by atoms with Gasteiger partial charge < -0.3 is 13.6 Å². The summed E-state index contributed by atoms with van der Waals surface area (Å²) >= 11 is 0. The van der Waals surface area contributed by atoms with Gasteiger partial charge in [-0.2, -0.15) is 0 Å². The van der Waals surface area contributed by atoms with E-state index in [2.05, 4.69) is 179 Å². The molecule has 0 aliphatic carbocycles. The van der Waals surface area contributed by atoms with E-state index in [9.17, 15) is 0 Å². The summed E-state index contributed by atoms with van der Waals surface area (Å²) in [5.41, 5.74) is 13.6. The van der Waals surface area contributed by atoms with Crippen molar-refractivity contribution in [3.05, 3.63) is 182 Å². The Morgan fingerprint density at radius 2 is 0.804 bits per heavy atom. The maximum atomic E-state index is 6.30. The van der Waals surface area contributed by atoms with E-state index < -0.39 is 0 Å². The Labute approximate surface area is 293 Å². The highest BCUT2D eigenvalue weighted by molar-refractivity contribution is 6.13. The average molecular weight is 651 g/mol. The van der Waals surface area contributed by atoms with Crippen LogP contribution in [0, 0.1) is 0 Å². The van der Waals surface area contributed by atoms with Gasteiger partial charge in [-0.15, -0.1) is 0 Å². The summed E-state index contributed by atoms with van der Waals surface area (Å²) in [7, 11) is 0. The van der Waals surface area contributed by atoms with E-state index in [0.717, 1.165) is 33.3 Å². The lowest BCUT2D eigenvalue weighted by Crippen LogP contribution is -1.93. The molecule has 8 aromatic carbocycles. The monoisotopic (exact) mass is 650 g/mol. The number of para-hydroxylation sites is 3. The third-order valence-corrected chi connectivity index (χ3v) is 10.5. The van der Waals surface area contributed by atoms with Crippen LogP contribution in [-0.2, 0) is 0 Å². The third kappa shape index (κ3) is 4.25. The van der Waals surface area contributed by atoms with Crippen molar-refractivity contribution in [3.8, 4) is 33.6 Å². The molecule has 0 aliphatic rings. The number of nitrogens with zero attached hydrogens (tertiary/aromatic N) is 2. The van der Waals surface area contributed by atoms with Gasteiger partial charge in [0, 0.05) is 49.8 Å². The fraction of sp³-hybridized carbons (Fsp3) is 0. The van der Waals surface area contributed by atoms with Gasteiger partial charge in [-0.1, -0.05) is 109 Å². The highest BCUT2D eigenvalue weighted by atomic mass is 16.3. The normalized spacial score (nSPS) is 11.9. The van der Waals surface area contributed by atoms with Crippen LogP contribution in [-0.4, -0.2) is 9.13 Å². The molecule has 0 amide bonds. The molecule has 0 fully saturated rings. The van der Waals surface area contributed by atoms with Crippen molar-refractivity contribution in [3.63, 3.8) is 0 Å². The first-order valence-corrected chi connectivity index (χ1v) is 17.4. The molecule has 11 aromatic rings. The fourth-order valence-electron chi connectivity index (χ4n) is 8.15. The van der Waals surface area contributed by atoms with Crippen molar-refractivity contribution in [2.75, 3.05) is 0 Å². The smallest absolute Gasteiger partial charge is 0.137 e. The molecule has 0 unspecified atom stereocenters. The van der Waals surface area contributed by atoms with Gasteiger partial charge in [-0.05, 0) is 89.0 Å². The lowest BCUT2D eigenvalue weighted by atomic mass is 9.99. The van der Waals surface area contributed by atoms with Crippen LogP contribution in [0.25, 0.3) is 99.2 Å². The van der Waals surface area contributed by atoms with Crippen molar-refractivity contribution in [2.24, 2.45) is 0 Å². The highest BCUT2D eigenvalue weighted by Gasteiger charge is 2.17. The molecule has 0 saturated carbocycles. The predicted molar refractivity (Wildman–Crippen MR) is 213 cm³/mol. The van der Waals surface area contributed by atoms with Crippen LogP contribution >= 0.6 is 0 Å². The summed E-state index contributed by atoms with van der Waals surface area (Å²) in [6.07, 6.45) is 0. The fourth-order valence-corrected chi connectivity index (χ4v) is 8.15. The van der Waals surface area contributed by atoms with Gasteiger partial charge in [0.15, 0.2) is 0 Å². The van der Waals surface area contributed by atoms with Crippen molar-refractivity contribution in [1.82, 2.24) is 9.13 Å². The topological polar surface area (TPSA) is 23.0 Å². The Bertz CT molecular complexity index is 3130. The van der Waals surface area contributed by atoms with Crippen LogP contribution in [0.3, 0.4) is 0 Å². The molecule has 0 radical (unpaired) electrons. The number of furan rings is 1. The van der Waals surface area contributed by atoms with Gasteiger partial charge in [0.25, 0.3) is 0 Å². The molecule has 0 spiro atoms. The maximum absolute atomic E-state index is 6.30. The molecule has 0 bridgehead atoms. The molecular weight excluding hydrogens is 621 g/mol. The maximum Gasteiger partial charge on any atom is 0.137 e. The zero-order valence-corrected chi connectivity index (χ0v) is 27.6. The minimum atomic E-state index is 0.898. The molecular formula is C48H30N2O. The number of benzene rings is 8. The molecule has 3 aromatic heterocycles. The molecule has 11 rings (SSSR count). The minimum absolute atomic E-state index is 0.898. The Morgan fingerprint density at radius 3 is 1.57 bits per heavy atom. The first-order chi connectivity index (χ1) is 25.3. The van der Waals surface area contributed by atoms with Crippen LogP contribution in [0.1, 0.15) is 0 Å². The van der Waals surface area contributed by atoms with E-state index in [0.29, 0.717) is 0 Å². The van der Waals surface area contributed by atoms with E-state index in [1.165, 1.54) is 65.9 Å². The Morgan fingerprint density at radius 1 is 0.275 bits per heavy atom. The number of hydrogen-bond acceptors (Lipinski definition) is 1. The molecule has 238 valence electrons. The molecule has 0 saturated heterocycles. The van der Waals surface area contributed by atoms with Gasteiger partial charge in [0.1, 0.15) is 11.2 Å². The van der Waals surface area contributed by atoms with Crippen molar-refractivity contribution in [2.45, 2.75) is 0 Å². The van der Waals surface area contributed by atoms with E-state index in [1.807, 2.05) is 12.1 Å². The Hall–Kier alpha value is -6.84. The number of aromatic nitrogens is 2. The van der Waals surface area contributed by atoms with Crippen molar-refractivity contribution >= 4 is 65.6 Å². The largest absolute Gasteiger partial charge is 0.456 e. The summed E-state index contributed by atoms with van der Waals surface area (Å²) in [6, 6.07) is 65.6. The van der Waals surface area contributed by atoms with Gasteiger partial charge in [-0.25, -0.2) is 0 Å². The first-order valence-electron chi connectivity index (χ1n) is 17.4.